The van der Waals surface area contributed by atoms with Crippen LogP contribution >= 0.6 is 22.9 Å². The molecule has 0 amide bonds. The molecule has 1 heterocycles. The van der Waals surface area contributed by atoms with E-state index in [1.54, 1.807) is 30.3 Å². The number of halogens is 1. The molecule has 0 radical (unpaired) electrons. The van der Waals surface area contributed by atoms with Crippen LogP contribution in [0.4, 0.5) is 4.79 Å². The minimum absolute atomic E-state index is 0.0992. The lowest BCUT2D eigenvalue weighted by atomic mass is 10.3. The van der Waals surface area contributed by atoms with Gasteiger partial charge in [-0.3, -0.25) is 0 Å². The lowest BCUT2D eigenvalue weighted by Gasteiger charge is -2.06. The number of benzene rings is 2. The first kappa shape index (κ1) is 13.7. The molecule has 0 aliphatic heterocycles. The number of carbonyl (C=O) groups is 1. The third kappa shape index (κ3) is 3.07. The van der Waals surface area contributed by atoms with E-state index in [0.717, 1.165) is 11.3 Å². The number of ether oxygens (including phenoxy) is 2. The number of hydrogen-bond acceptors (Lipinski definition) is 6. The van der Waals surface area contributed by atoms with Crippen molar-refractivity contribution in [2.24, 2.45) is 0 Å². The van der Waals surface area contributed by atoms with Crippen LogP contribution < -0.4 is 14.4 Å². The molecule has 3 rings (SSSR count). The van der Waals surface area contributed by atoms with Crippen LogP contribution in [0, 0.1) is 0 Å². The maximum absolute atomic E-state index is 11.7. The summed E-state index contributed by atoms with van der Waals surface area (Å²) in [6.07, 6.45) is -0.918. The number of carbonyl (C=O) groups excluding carboxylic acids is 1. The van der Waals surface area contributed by atoms with Gasteiger partial charge in [0.15, 0.2) is 11.3 Å². The second-order valence-corrected chi connectivity index (χ2v) is 5.34. The molecular weight excluding hydrogens is 316 g/mol. The monoisotopic (exact) mass is 322 g/mol. The first-order chi connectivity index (χ1) is 10.1. The van der Waals surface area contributed by atoms with Gasteiger partial charge in [-0.2, -0.15) is 0 Å². The van der Waals surface area contributed by atoms with Crippen LogP contribution in [0.25, 0.3) is 10.3 Å². The summed E-state index contributed by atoms with van der Waals surface area (Å²) in [4.78, 5) is 22.4. The van der Waals surface area contributed by atoms with Gasteiger partial charge in [0.2, 0.25) is 0 Å². The predicted octanol–water partition coefficient (Wildman–Crippen LogP) is 4.09. The van der Waals surface area contributed by atoms with Crippen molar-refractivity contribution in [3.8, 4) is 11.5 Å². The first-order valence-corrected chi connectivity index (χ1v) is 6.99. The van der Waals surface area contributed by atoms with E-state index in [2.05, 4.69) is 0 Å². The van der Waals surface area contributed by atoms with Crippen LogP contribution in [-0.4, -0.2) is 6.16 Å². The Balaban J connectivity index is 1.82. The quantitative estimate of drug-likeness (QED) is 0.525. The Labute approximate surface area is 127 Å². The Morgan fingerprint density at radius 2 is 1.90 bits per heavy atom. The Morgan fingerprint density at radius 1 is 1.14 bits per heavy atom. The van der Waals surface area contributed by atoms with Crippen LogP contribution in [0.1, 0.15) is 0 Å². The fraction of sp³-hybridized carbons (Fsp3) is 0. The summed E-state index contributed by atoms with van der Waals surface area (Å²) < 4.78 is 15.5. The van der Waals surface area contributed by atoms with Gasteiger partial charge in [-0.15, -0.1) is 0 Å². The highest BCUT2D eigenvalue weighted by Crippen LogP contribution is 2.31. The standard InChI is InChI=1S/C14H7ClO5S/c15-9-6-11-12(21-14(17)20-11)7-10(9)19-13(16)18-8-4-2-1-3-5-8/h1-7H. The van der Waals surface area contributed by atoms with Gasteiger partial charge in [0.25, 0.3) is 0 Å². The summed E-state index contributed by atoms with van der Waals surface area (Å²) in [5.74, 6) is 0.454. The number of rotatable bonds is 2. The van der Waals surface area contributed by atoms with Gasteiger partial charge in [-0.1, -0.05) is 41.1 Å². The zero-order chi connectivity index (χ0) is 14.8. The maximum Gasteiger partial charge on any atom is 0.519 e. The smallest absolute Gasteiger partial charge is 0.414 e. The van der Waals surface area contributed by atoms with Crippen molar-refractivity contribution >= 4 is 39.4 Å². The molecule has 21 heavy (non-hydrogen) atoms. The molecule has 0 atom stereocenters. The molecular formula is C14H7ClO5S. The molecule has 5 nitrogen and oxygen atoms in total. The Hall–Kier alpha value is -2.31. The first-order valence-electron chi connectivity index (χ1n) is 5.80. The third-order valence-corrected chi connectivity index (χ3v) is 3.61. The molecule has 106 valence electrons. The third-order valence-electron chi connectivity index (χ3n) is 2.52. The summed E-state index contributed by atoms with van der Waals surface area (Å²) >= 11 is 6.86. The average molecular weight is 323 g/mol. The molecule has 2 aromatic carbocycles. The van der Waals surface area contributed by atoms with E-state index in [1.807, 2.05) is 0 Å². The molecule has 0 unspecified atom stereocenters. The average Bonchev–Trinajstić information content (AvgIpc) is 2.79. The van der Waals surface area contributed by atoms with E-state index in [-0.39, 0.29) is 10.8 Å². The molecule has 3 aromatic rings. The van der Waals surface area contributed by atoms with E-state index < -0.39 is 11.1 Å². The van der Waals surface area contributed by atoms with Gasteiger partial charge in [-0.25, -0.2) is 9.59 Å². The van der Waals surface area contributed by atoms with Crippen molar-refractivity contribution in [1.82, 2.24) is 0 Å². The molecule has 0 saturated carbocycles. The van der Waals surface area contributed by atoms with E-state index in [4.69, 9.17) is 25.5 Å². The molecule has 0 N–H and O–H groups in total. The minimum Gasteiger partial charge on any atom is -0.414 e. The highest BCUT2D eigenvalue weighted by molar-refractivity contribution is 7.16. The van der Waals surface area contributed by atoms with Gasteiger partial charge < -0.3 is 13.9 Å². The van der Waals surface area contributed by atoms with Crippen molar-refractivity contribution in [2.45, 2.75) is 0 Å². The summed E-state index contributed by atoms with van der Waals surface area (Å²) in [7, 11) is 0. The van der Waals surface area contributed by atoms with Gasteiger partial charge >= 0.3 is 11.1 Å². The Bertz CT molecular complexity index is 853. The second kappa shape index (κ2) is 5.59. The fourth-order valence-corrected chi connectivity index (χ4v) is 2.52. The molecule has 0 fully saturated rings. The number of hydrogen-bond donors (Lipinski definition) is 0. The van der Waals surface area contributed by atoms with Gasteiger partial charge in [0.1, 0.15) is 5.75 Å². The zero-order valence-corrected chi connectivity index (χ0v) is 11.9. The van der Waals surface area contributed by atoms with E-state index >= 15 is 0 Å². The van der Waals surface area contributed by atoms with Crippen LogP contribution in [-0.2, 0) is 0 Å². The van der Waals surface area contributed by atoms with Gasteiger partial charge in [0, 0.05) is 12.1 Å². The van der Waals surface area contributed by atoms with Gasteiger partial charge in [0.05, 0.1) is 9.72 Å². The van der Waals surface area contributed by atoms with Crippen LogP contribution in [0.15, 0.2) is 51.7 Å². The van der Waals surface area contributed by atoms with Crippen molar-refractivity contribution in [1.29, 1.82) is 0 Å². The summed E-state index contributed by atoms with van der Waals surface area (Å²) in [5, 5.41) is 0.147. The molecule has 0 bridgehead atoms. The fourth-order valence-electron chi connectivity index (χ4n) is 1.65. The molecule has 7 heteroatoms. The molecule has 0 aliphatic rings. The summed E-state index contributed by atoms with van der Waals surface area (Å²) in [5.41, 5.74) is 0.346. The highest BCUT2D eigenvalue weighted by atomic mass is 35.5. The predicted molar refractivity (Wildman–Crippen MR) is 78.5 cm³/mol. The molecule has 0 saturated heterocycles. The molecule has 0 aliphatic carbocycles. The topological polar surface area (TPSA) is 65.7 Å². The van der Waals surface area contributed by atoms with Crippen LogP contribution in [0.3, 0.4) is 0 Å². The van der Waals surface area contributed by atoms with Crippen molar-refractivity contribution in [2.75, 3.05) is 0 Å². The van der Waals surface area contributed by atoms with Crippen molar-refractivity contribution < 1.29 is 18.7 Å². The normalized spacial score (nSPS) is 10.5. The summed E-state index contributed by atoms with van der Waals surface area (Å²) in [6.45, 7) is 0. The van der Waals surface area contributed by atoms with Gasteiger partial charge in [-0.05, 0) is 12.1 Å². The largest absolute Gasteiger partial charge is 0.519 e. The molecule has 1 aromatic heterocycles. The molecule has 0 spiro atoms. The second-order valence-electron chi connectivity index (χ2n) is 3.95. The lowest BCUT2D eigenvalue weighted by molar-refractivity contribution is 0.152. The zero-order valence-electron chi connectivity index (χ0n) is 10.4. The minimum atomic E-state index is -0.918. The van der Waals surface area contributed by atoms with Crippen LogP contribution in [0.5, 0.6) is 11.5 Å². The van der Waals surface area contributed by atoms with E-state index in [9.17, 15) is 9.59 Å². The van der Waals surface area contributed by atoms with E-state index in [1.165, 1.54) is 12.1 Å². The van der Waals surface area contributed by atoms with E-state index in [0.29, 0.717) is 16.0 Å². The van der Waals surface area contributed by atoms with Crippen molar-refractivity contribution in [3.63, 3.8) is 0 Å². The number of fused-ring (bicyclic) bond motifs is 1. The Morgan fingerprint density at radius 3 is 2.67 bits per heavy atom. The van der Waals surface area contributed by atoms with Crippen molar-refractivity contribution in [3.05, 3.63) is 57.2 Å². The lowest BCUT2D eigenvalue weighted by Crippen LogP contribution is -2.13. The maximum atomic E-state index is 11.7. The SMILES string of the molecule is O=C(Oc1ccccc1)Oc1cc2sc(=O)oc2cc1Cl. The van der Waals surface area contributed by atoms with Crippen LogP contribution in [0.2, 0.25) is 5.02 Å². The Kier molecular flexibility index (Phi) is 3.64. The summed E-state index contributed by atoms with van der Waals surface area (Å²) in [6, 6.07) is 11.4. The number of para-hydroxylation sites is 1. The highest BCUT2D eigenvalue weighted by Gasteiger charge is 2.14.